The van der Waals surface area contributed by atoms with Crippen LogP contribution in [0.5, 0.6) is 0 Å². The Morgan fingerprint density at radius 1 is 0.733 bits per heavy atom. The van der Waals surface area contributed by atoms with E-state index in [-0.39, 0.29) is 10.3 Å². The largest absolute Gasteiger partial charge is 0.294 e. The van der Waals surface area contributed by atoms with Crippen molar-refractivity contribution in [2.24, 2.45) is 0 Å². The third-order valence-electron chi connectivity index (χ3n) is 6.00. The van der Waals surface area contributed by atoms with Gasteiger partial charge < -0.3 is 0 Å². The van der Waals surface area contributed by atoms with Crippen LogP contribution in [0.3, 0.4) is 0 Å². The first-order valence-corrected chi connectivity index (χ1v) is 13.7. The second kappa shape index (κ2) is 14.2. The monoisotopic (exact) mass is 438 g/mol. The number of benzene rings is 1. The van der Waals surface area contributed by atoms with Crippen molar-refractivity contribution in [3.63, 3.8) is 0 Å². The molecular formula is C26H46O3S. The van der Waals surface area contributed by atoms with E-state index in [1.54, 1.807) is 6.07 Å². The van der Waals surface area contributed by atoms with Crippen LogP contribution in [-0.2, 0) is 22.0 Å². The Bertz CT molecular complexity index is 687. The maximum absolute atomic E-state index is 11.7. The number of hydrogen-bond donors (Lipinski definition) is 1. The van der Waals surface area contributed by atoms with Gasteiger partial charge in [0, 0.05) is 0 Å². The molecule has 0 aromatic heterocycles. The molecule has 174 valence electrons. The van der Waals surface area contributed by atoms with E-state index >= 15 is 0 Å². The molecule has 0 saturated carbocycles. The molecule has 0 spiro atoms. The van der Waals surface area contributed by atoms with Crippen LogP contribution < -0.4 is 0 Å². The maximum atomic E-state index is 11.7. The van der Waals surface area contributed by atoms with Crippen LogP contribution in [0.4, 0.5) is 0 Å². The number of aryl methyl sites for hydroxylation is 1. The summed E-state index contributed by atoms with van der Waals surface area (Å²) >= 11 is 0. The summed E-state index contributed by atoms with van der Waals surface area (Å²) < 4.78 is 33.0. The lowest BCUT2D eigenvalue weighted by molar-refractivity contribution is 0.481. The third kappa shape index (κ3) is 11.5. The van der Waals surface area contributed by atoms with Crippen LogP contribution in [0.1, 0.15) is 129 Å². The van der Waals surface area contributed by atoms with Crippen molar-refractivity contribution in [2.75, 3.05) is 0 Å². The molecule has 0 atom stereocenters. The van der Waals surface area contributed by atoms with E-state index in [0.29, 0.717) is 6.42 Å². The molecule has 1 aromatic carbocycles. The fourth-order valence-corrected chi connectivity index (χ4v) is 4.74. The Morgan fingerprint density at radius 3 is 1.57 bits per heavy atom. The van der Waals surface area contributed by atoms with E-state index in [4.69, 9.17) is 0 Å². The summed E-state index contributed by atoms with van der Waals surface area (Å²) in [4.78, 5) is 0.0743. The summed E-state index contributed by atoms with van der Waals surface area (Å²) in [5.74, 6) is 0. The Labute approximate surface area is 186 Å². The molecule has 0 saturated heterocycles. The molecule has 0 fully saturated rings. The summed E-state index contributed by atoms with van der Waals surface area (Å²) in [5.41, 5.74) is 1.82. The molecule has 0 heterocycles. The molecular weight excluding hydrogens is 392 g/mol. The van der Waals surface area contributed by atoms with Crippen molar-refractivity contribution >= 4 is 10.1 Å². The van der Waals surface area contributed by atoms with Gasteiger partial charge in [-0.25, -0.2) is 0 Å². The van der Waals surface area contributed by atoms with E-state index in [0.717, 1.165) is 24.0 Å². The highest BCUT2D eigenvalue weighted by Gasteiger charge is 2.20. The Balaban J connectivity index is 2.23. The number of unbranched alkanes of at least 4 members (excludes halogenated alkanes) is 13. The maximum Gasteiger partial charge on any atom is 0.294 e. The summed E-state index contributed by atoms with van der Waals surface area (Å²) in [6.07, 6.45) is 19.0. The van der Waals surface area contributed by atoms with Crippen LogP contribution in [0.15, 0.2) is 23.1 Å². The van der Waals surface area contributed by atoms with Crippen molar-refractivity contribution in [2.45, 2.75) is 134 Å². The topological polar surface area (TPSA) is 54.4 Å². The van der Waals surface area contributed by atoms with Gasteiger partial charge in [0.05, 0.1) is 4.90 Å². The second-order valence-corrected chi connectivity index (χ2v) is 11.3. The lowest BCUT2D eigenvalue weighted by atomic mass is 9.85. The van der Waals surface area contributed by atoms with Gasteiger partial charge in [-0.15, -0.1) is 0 Å². The highest BCUT2D eigenvalue weighted by molar-refractivity contribution is 7.85. The first-order chi connectivity index (χ1) is 14.2. The van der Waals surface area contributed by atoms with Gasteiger partial charge in [0.25, 0.3) is 10.1 Å². The third-order valence-corrected chi connectivity index (χ3v) is 6.96. The van der Waals surface area contributed by atoms with E-state index in [1.165, 1.54) is 77.0 Å². The van der Waals surface area contributed by atoms with Gasteiger partial charge in [0.1, 0.15) is 0 Å². The molecule has 3 nitrogen and oxygen atoms in total. The molecule has 4 heteroatoms. The van der Waals surface area contributed by atoms with Crippen molar-refractivity contribution in [1.29, 1.82) is 0 Å². The minimum atomic E-state index is -4.17. The summed E-state index contributed by atoms with van der Waals surface area (Å²) in [6.45, 7) is 8.62. The molecule has 0 aliphatic carbocycles. The summed E-state index contributed by atoms with van der Waals surface area (Å²) in [7, 11) is -4.17. The van der Waals surface area contributed by atoms with Gasteiger partial charge in [-0.1, -0.05) is 123 Å². The Kier molecular flexibility index (Phi) is 12.9. The van der Waals surface area contributed by atoms with E-state index in [1.807, 2.05) is 12.1 Å². The van der Waals surface area contributed by atoms with Crippen molar-refractivity contribution in [3.8, 4) is 0 Å². The zero-order chi connectivity index (χ0) is 22.5. The molecule has 0 aliphatic rings. The van der Waals surface area contributed by atoms with Crippen LogP contribution >= 0.6 is 0 Å². The molecule has 1 rings (SSSR count). The molecule has 30 heavy (non-hydrogen) atoms. The van der Waals surface area contributed by atoms with Crippen molar-refractivity contribution < 1.29 is 13.0 Å². The summed E-state index contributed by atoms with van der Waals surface area (Å²) in [6, 6.07) is 5.35. The summed E-state index contributed by atoms with van der Waals surface area (Å²) in [5, 5.41) is 0. The second-order valence-electron chi connectivity index (χ2n) is 9.89. The van der Waals surface area contributed by atoms with Gasteiger partial charge in [0.2, 0.25) is 0 Å². The SMILES string of the molecule is CCCCCCCCCCCCCCCCc1cc(C(C)(C)C)ccc1S(=O)(=O)O. The Morgan fingerprint density at radius 2 is 1.17 bits per heavy atom. The van der Waals surface area contributed by atoms with Crippen molar-refractivity contribution in [1.82, 2.24) is 0 Å². The van der Waals surface area contributed by atoms with Crippen molar-refractivity contribution in [3.05, 3.63) is 29.3 Å². The van der Waals surface area contributed by atoms with Gasteiger partial charge in [-0.3, -0.25) is 4.55 Å². The fraction of sp³-hybridized carbons (Fsp3) is 0.769. The molecule has 1 N–H and O–H groups in total. The predicted molar refractivity (Wildman–Crippen MR) is 129 cm³/mol. The average Bonchev–Trinajstić information content (AvgIpc) is 2.66. The van der Waals surface area contributed by atoms with Crippen LogP contribution in [-0.4, -0.2) is 13.0 Å². The zero-order valence-electron chi connectivity index (χ0n) is 20.0. The minimum Gasteiger partial charge on any atom is -0.282 e. The fourth-order valence-electron chi connectivity index (χ4n) is 4.00. The molecule has 0 aliphatic heterocycles. The first kappa shape index (κ1) is 27.2. The van der Waals surface area contributed by atoms with Gasteiger partial charge >= 0.3 is 0 Å². The van der Waals surface area contributed by atoms with Gasteiger partial charge in [-0.05, 0) is 35.4 Å². The zero-order valence-corrected chi connectivity index (χ0v) is 20.8. The lowest BCUT2D eigenvalue weighted by Crippen LogP contribution is -2.13. The molecule has 0 unspecified atom stereocenters. The molecule has 0 bridgehead atoms. The lowest BCUT2D eigenvalue weighted by Gasteiger charge is -2.21. The van der Waals surface area contributed by atoms with Crippen LogP contribution in [0.25, 0.3) is 0 Å². The highest BCUT2D eigenvalue weighted by Crippen LogP contribution is 2.27. The first-order valence-electron chi connectivity index (χ1n) is 12.3. The van der Waals surface area contributed by atoms with Gasteiger partial charge in [0.15, 0.2) is 0 Å². The number of hydrogen-bond acceptors (Lipinski definition) is 2. The van der Waals surface area contributed by atoms with Crippen LogP contribution in [0.2, 0.25) is 0 Å². The molecule has 0 amide bonds. The van der Waals surface area contributed by atoms with E-state index < -0.39 is 10.1 Å². The normalized spacial score (nSPS) is 12.4. The molecule has 0 radical (unpaired) electrons. The minimum absolute atomic E-state index is 0.0397. The average molecular weight is 439 g/mol. The van der Waals surface area contributed by atoms with Gasteiger partial charge in [-0.2, -0.15) is 8.42 Å². The standard InChI is InChI=1S/C26H46O3S/c1-5-6-7-8-9-10-11-12-13-14-15-16-17-18-19-23-22-24(26(2,3)4)20-21-25(23)30(27,28)29/h20-22H,5-19H2,1-4H3,(H,27,28,29). The van der Waals surface area contributed by atoms with Crippen LogP contribution in [0, 0.1) is 0 Å². The Hall–Kier alpha value is -0.870. The number of rotatable bonds is 16. The smallest absolute Gasteiger partial charge is 0.282 e. The van der Waals surface area contributed by atoms with E-state index in [9.17, 15) is 13.0 Å². The highest BCUT2D eigenvalue weighted by atomic mass is 32.2. The quantitative estimate of drug-likeness (QED) is 0.209. The van der Waals surface area contributed by atoms with E-state index in [2.05, 4.69) is 27.7 Å². The molecule has 1 aromatic rings. The predicted octanol–water partition coefficient (Wildman–Crippen LogP) is 8.25.